The van der Waals surface area contributed by atoms with E-state index in [2.05, 4.69) is 12.1 Å². The summed E-state index contributed by atoms with van der Waals surface area (Å²) in [7, 11) is 0. The van der Waals surface area contributed by atoms with Gasteiger partial charge in [0.2, 0.25) is 0 Å². The maximum Gasteiger partial charge on any atom is 0.175 e. The van der Waals surface area contributed by atoms with Crippen LogP contribution in [0.1, 0.15) is 16.7 Å². The number of rotatable bonds is 2. The molecule has 0 amide bonds. The van der Waals surface area contributed by atoms with E-state index in [4.69, 9.17) is 10.5 Å². The minimum Gasteiger partial charge on any atom is -0.373 e. The Bertz CT molecular complexity index is 796. The number of aryl methyl sites for hydroxylation is 2. The number of aliphatic hydroxyl groups is 1. The first-order valence-corrected chi connectivity index (χ1v) is 6.47. The van der Waals surface area contributed by atoms with Gasteiger partial charge in [0, 0.05) is 0 Å². The lowest BCUT2D eigenvalue weighted by Crippen LogP contribution is -2.04. The van der Waals surface area contributed by atoms with Crippen LogP contribution in [0.4, 0.5) is 0 Å². The molecule has 20 heavy (non-hydrogen) atoms. The molecule has 0 saturated carbocycles. The lowest BCUT2D eigenvalue weighted by molar-refractivity contribution is 0.271. The molecule has 1 aliphatic rings. The SMILES string of the molecule is N#CC(=Cc1ccc2c3c(cccc13)CC2)C(O)C#N. The van der Waals surface area contributed by atoms with Crippen molar-refractivity contribution < 1.29 is 5.11 Å². The summed E-state index contributed by atoms with van der Waals surface area (Å²) >= 11 is 0. The van der Waals surface area contributed by atoms with Gasteiger partial charge in [0.25, 0.3) is 0 Å². The Morgan fingerprint density at radius 3 is 2.60 bits per heavy atom. The molecule has 1 aliphatic carbocycles. The highest BCUT2D eigenvalue weighted by atomic mass is 16.3. The maximum absolute atomic E-state index is 9.52. The quantitative estimate of drug-likeness (QED) is 0.666. The molecule has 3 rings (SSSR count). The zero-order valence-corrected chi connectivity index (χ0v) is 10.8. The Morgan fingerprint density at radius 2 is 1.90 bits per heavy atom. The fourth-order valence-electron chi connectivity index (χ4n) is 2.80. The van der Waals surface area contributed by atoms with Crippen molar-refractivity contribution in [2.45, 2.75) is 18.9 Å². The van der Waals surface area contributed by atoms with E-state index in [0.29, 0.717) is 0 Å². The molecule has 0 spiro atoms. The molecule has 0 radical (unpaired) electrons. The van der Waals surface area contributed by atoms with Gasteiger partial charge in [0.05, 0.1) is 17.7 Å². The predicted molar refractivity (Wildman–Crippen MR) is 76.6 cm³/mol. The second-order valence-electron chi connectivity index (χ2n) is 4.90. The number of benzene rings is 2. The first-order valence-electron chi connectivity index (χ1n) is 6.47. The molecule has 1 N–H and O–H groups in total. The lowest BCUT2D eigenvalue weighted by Gasteiger charge is -2.07. The van der Waals surface area contributed by atoms with Gasteiger partial charge in [-0.1, -0.05) is 30.3 Å². The van der Waals surface area contributed by atoms with Crippen LogP contribution in [-0.2, 0) is 12.8 Å². The molecule has 0 aromatic heterocycles. The fraction of sp³-hybridized carbons (Fsp3) is 0.176. The van der Waals surface area contributed by atoms with Gasteiger partial charge in [-0.3, -0.25) is 0 Å². The summed E-state index contributed by atoms with van der Waals surface area (Å²) in [6, 6.07) is 13.8. The number of nitrogens with zero attached hydrogens (tertiary/aromatic N) is 2. The van der Waals surface area contributed by atoms with E-state index in [1.807, 2.05) is 24.3 Å². The topological polar surface area (TPSA) is 67.8 Å². The Labute approximate surface area is 117 Å². The highest BCUT2D eigenvalue weighted by Crippen LogP contribution is 2.33. The highest BCUT2D eigenvalue weighted by Gasteiger charge is 2.16. The van der Waals surface area contributed by atoms with Crippen LogP contribution in [0.3, 0.4) is 0 Å². The van der Waals surface area contributed by atoms with E-state index in [-0.39, 0.29) is 5.57 Å². The van der Waals surface area contributed by atoms with Crippen LogP contribution in [0, 0.1) is 22.7 Å². The van der Waals surface area contributed by atoms with E-state index in [9.17, 15) is 5.11 Å². The number of aliphatic hydroxyl groups excluding tert-OH is 1. The summed E-state index contributed by atoms with van der Waals surface area (Å²) < 4.78 is 0. The van der Waals surface area contributed by atoms with Crippen molar-refractivity contribution >= 4 is 16.8 Å². The third-order valence-corrected chi connectivity index (χ3v) is 3.77. The lowest BCUT2D eigenvalue weighted by atomic mass is 9.98. The van der Waals surface area contributed by atoms with Gasteiger partial charge in [-0.15, -0.1) is 0 Å². The van der Waals surface area contributed by atoms with E-state index >= 15 is 0 Å². The fourth-order valence-corrected chi connectivity index (χ4v) is 2.80. The summed E-state index contributed by atoms with van der Waals surface area (Å²) in [6.45, 7) is 0. The molecule has 96 valence electrons. The molecule has 1 atom stereocenters. The molecule has 3 heteroatoms. The molecular formula is C17H12N2O. The van der Waals surface area contributed by atoms with Crippen LogP contribution >= 0.6 is 0 Å². The first kappa shape index (κ1) is 12.4. The van der Waals surface area contributed by atoms with Gasteiger partial charge < -0.3 is 5.11 Å². The van der Waals surface area contributed by atoms with Crippen molar-refractivity contribution in [2.75, 3.05) is 0 Å². The van der Waals surface area contributed by atoms with Crippen LogP contribution < -0.4 is 0 Å². The molecule has 2 aromatic rings. The van der Waals surface area contributed by atoms with E-state index in [1.165, 1.54) is 16.5 Å². The predicted octanol–water partition coefficient (Wildman–Crippen LogP) is 2.73. The number of hydrogen-bond acceptors (Lipinski definition) is 3. The highest BCUT2D eigenvalue weighted by molar-refractivity contribution is 5.97. The van der Waals surface area contributed by atoms with Crippen molar-refractivity contribution in [3.8, 4) is 12.1 Å². The monoisotopic (exact) mass is 260 g/mol. The van der Waals surface area contributed by atoms with Crippen molar-refractivity contribution in [1.82, 2.24) is 0 Å². The molecule has 0 fully saturated rings. The third kappa shape index (κ3) is 1.86. The van der Waals surface area contributed by atoms with Crippen LogP contribution in [0.15, 0.2) is 35.9 Å². The summed E-state index contributed by atoms with van der Waals surface area (Å²) in [5.74, 6) is 0. The normalized spacial score (nSPS) is 14.8. The van der Waals surface area contributed by atoms with Crippen molar-refractivity contribution in [3.05, 3.63) is 52.6 Å². The Kier molecular flexibility index (Phi) is 2.99. The average molecular weight is 260 g/mol. The zero-order valence-electron chi connectivity index (χ0n) is 10.8. The van der Waals surface area contributed by atoms with Crippen molar-refractivity contribution in [2.24, 2.45) is 0 Å². The van der Waals surface area contributed by atoms with Crippen LogP contribution in [0.5, 0.6) is 0 Å². The van der Waals surface area contributed by atoms with Gasteiger partial charge in [0.15, 0.2) is 6.10 Å². The summed E-state index contributed by atoms with van der Waals surface area (Å²) in [5.41, 5.74) is 3.60. The van der Waals surface area contributed by atoms with Gasteiger partial charge in [-0.25, -0.2) is 0 Å². The smallest absolute Gasteiger partial charge is 0.175 e. The molecule has 0 saturated heterocycles. The number of nitriles is 2. The standard InChI is InChI=1S/C17H12N2O/c18-9-14(16(20)10-19)8-13-7-6-12-5-4-11-2-1-3-15(13)17(11)12/h1-3,6-8,16,20H,4-5H2. The van der Waals surface area contributed by atoms with Gasteiger partial charge in [-0.2, -0.15) is 10.5 Å². The average Bonchev–Trinajstić information content (AvgIpc) is 2.91. The van der Waals surface area contributed by atoms with E-state index in [1.54, 1.807) is 12.1 Å². The van der Waals surface area contributed by atoms with Crippen LogP contribution in [0.2, 0.25) is 0 Å². The zero-order chi connectivity index (χ0) is 14.1. The molecule has 1 unspecified atom stereocenters. The third-order valence-electron chi connectivity index (χ3n) is 3.77. The Hall–Kier alpha value is -2.62. The maximum atomic E-state index is 9.52. The van der Waals surface area contributed by atoms with Crippen LogP contribution in [-0.4, -0.2) is 11.2 Å². The minimum atomic E-state index is -1.37. The van der Waals surface area contributed by atoms with Crippen LogP contribution in [0.25, 0.3) is 16.8 Å². The summed E-state index contributed by atoms with van der Waals surface area (Å²) in [5, 5.41) is 29.6. The largest absolute Gasteiger partial charge is 0.373 e. The molecule has 3 nitrogen and oxygen atoms in total. The van der Waals surface area contributed by atoms with Crippen molar-refractivity contribution in [3.63, 3.8) is 0 Å². The summed E-state index contributed by atoms with van der Waals surface area (Å²) in [4.78, 5) is 0. The van der Waals surface area contributed by atoms with E-state index < -0.39 is 6.10 Å². The van der Waals surface area contributed by atoms with Gasteiger partial charge >= 0.3 is 0 Å². The molecule has 0 aliphatic heterocycles. The summed E-state index contributed by atoms with van der Waals surface area (Å²) in [6.07, 6.45) is 2.33. The van der Waals surface area contributed by atoms with Crippen molar-refractivity contribution in [1.29, 1.82) is 10.5 Å². The van der Waals surface area contributed by atoms with Gasteiger partial charge in [-0.05, 0) is 46.4 Å². The Morgan fingerprint density at radius 1 is 1.15 bits per heavy atom. The molecule has 2 aromatic carbocycles. The Balaban J connectivity index is 2.23. The number of hydrogen-bond donors (Lipinski definition) is 1. The molecular weight excluding hydrogens is 248 g/mol. The molecule has 0 bridgehead atoms. The van der Waals surface area contributed by atoms with Gasteiger partial charge in [0.1, 0.15) is 0 Å². The second-order valence-corrected chi connectivity index (χ2v) is 4.90. The molecule has 0 heterocycles. The first-order chi connectivity index (χ1) is 9.74. The van der Waals surface area contributed by atoms with E-state index in [0.717, 1.165) is 23.8 Å². The minimum absolute atomic E-state index is 0.0752. The second kappa shape index (κ2) is 4.81.